The van der Waals surface area contributed by atoms with Gasteiger partial charge in [-0.1, -0.05) is 6.92 Å². The fourth-order valence-corrected chi connectivity index (χ4v) is 1.47. The van der Waals surface area contributed by atoms with Gasteiger partial charge < -0.3 is 0 Å². The van der Waals surface area contributed by atoms with E-state index in [1.54, 1.807) is 13.1 Å². The third kappa shape index (κ3) is 2.70. The second-order valence-corrected chi connectivity index (χ2v) is 7.28. The van der Waals surface area contributed by atoms with Crippen LogP contribution in [0.2, 0.25) is 13.1 Å². The molecule has 0 saturated carbocycles. The van der Waals surface area contributed by atoms with Gasteiger partial charge in [0.05, 0.1) is 5.00 Å². The molecule has 0 aliphatic rings. The molecule has 0 fully saturated rings. The molecule has 0 spiro atoms. The highest BCUT2D eigenvalue weighted by atomic mass is 35.5. The lowest BCUT2D eigenvalue weighted by Gasteiger charge is -2.15. The predicted octanol–water partition coefficient (Wildman–Crippen LogP) is 2.18. The van der Waals surface area contributed by atoms with E-state index in [1.807, 2.05) is 6.92 Å². The van der Waals surface area contributed by atoms with Crippen molar-refractivity contribution >= 4 is 19.9 Å². The van der Waals surface area contributed by atoms with Gasteiger partial charge in [0.1, 0.15) is 0 Å². The molecule has 0 aliphatic carbocycles. The van der Waals surface area contributed by atoms with Crippen LogP contribution in [-0.4, -0.2) is 13.3 Å². The summed E-state index contributed by atoms with van der Waals surface area (Å²) < 4.78 is 0. The molecule has 0 rings (SSSR count). The molecule has 0 amide bonds. The zero-order chi connectivity index (χ0) is 6.78. The largest absolute Gasteiger partial charge is 0.296 e. The van der Waals surface area contributed by atoms with Crippen LogP contribution in [0.1, 0.15) is 13.3 Å². The molecule has 0 aliphatic heterocycles. The summed E-state index contributed by atoms with van der Waals surface area (Å²) >= 11 is 5.69. The number of hydrogen-bond acceptors (Lipinski definition) is 0. The average molecular weight is 152 g/mol. The zero-order valence-corrected chi connectivity index (χ0v) is 7.33. The third-order valence-corrected chi connectivity index (χ3v) is 4.91. The van der Waals surface area contributed by atoms with Crippen molar-refractivity contribution in [2.75, 3.05) is 0 Å². The van der Waals surface area contributed by atoms with Crippen molar-refractivity contribution in [3.63, 3.8) is 0 Å². The van der Waals surface area contributed by atoms with Crippen LogP contribution >= 0.6 is 11.6 Å². The van der Waals surface area contributed by atoms with E-state index >= 15 is 0 Å². The van der Waals surface area contributed by atoms with Gasteiger partial charge in [-0.3, -0.25) is 4.80 Å². The van der Waals surface area contributed by atoms with Crippen LogP contribution in [0.3, 0.4) is 0 Å². The first-order valence-corrected chi connectivity index (χ1v) is 6.25. The number of halogens is 1. The summed E-state index contributed by atoms with van der Waals surface area (Å²) in [4.78, 5) is 11.0. The first-order chi connectivity index (χ1) is 3.48. The highest BCUT2D eigenvalue weighted by molar-refractivity contribution is 6.78. The van der Waals surface area contributed by atoms with Gasteiger partial charge in [-0.15, -0.1) is 11.6 Å². The molecule has 0 aromatic rings. The maximum absolute atomic E-state index is 11.0. The van der Waals surface area contributed by atoms with Gasteiger partial charge in [-0.25, -0.2) is 0 Å². The van der Waals surface area contributed by atoms with Crippen molar-refractivity contribution in [2.24, 2.45) is 0 Å². The average Bonchev–Trinajstić information content (AvgIpc) is 1.62. The Morgan fingerprint density at radius 1 is 1.62 bits per heavy atom. The minimum atomic E-state index is -2.25. The highest BCUT2D eigenvalue weighted by Gasteiger charge is 2.28. The maximum Gasteiger partial charge on any atom is 0.248 e. The first kappa shape index (κ1) is 8.47. The van der Waals surface area contributed by atoms with Crippen molar-refractivity contribution in [2.45, 2.75) is 31.4 Å². The van der Waals surface area contributed by atoms with E-state index in [4.69, 9.17) is 11.6 Å². The van der Waals surface area contributed by atoms with Crippen molar-refractivity contribution in [3.8, 4) is 0 Å². The van der Waals surface area contributed by atoms with Crippen LogP contribution in [0, 0.1) is 0 Å². The number of alkyl halides is 1. The van der Waals surface area contributed by atoms with E-state index < -0.39 is 8.32 Å². The molecule has 0 saturated heterocycles. The third-order valence-electron chi connectivity index (χ3n) is 1.11. The normalized spacial score (nSPS) is 16.1. The Morgan fingerprint density at radius 3 is 2.00 bits per heavy atom. The summed E-state index contributed by atoms with van der Waals surface area (Å²) in [6, 6.07) is 0. The van der Waals surface area contributed by atoms with Gasteiger partial charge in [-0.05, 0) is 19.5 Å². The number of hydrogen-bond donors (Lipinski definition) is 0. The van der Waals surface area contributed by atoms with Crippen LogP contribution in [0.5, 0.6) is 0 Å². The highest BCUT2D eigenvalue weighted by Crippen LogP contribution is 2.14. The van der Waals surface area contributed by atoms with Gasteiger partial charge >= 0.3 is 0 Å². The standard InChI is InChI=1S/C5H12ClOSi/c1-4-5(6)8(2,3)7/h5H,4H2,1-3H3. The molecule has 1 unspecified atom stereocenters. The molecule has 0 aromatic heterocycles. The Labute approximate surface area is 56.8 Å². The van der Waals surface area contributed by atoms with E-state index in [2.05, 4.69) is 0 Å². The second-order valence-electron chi connectivity index (χ2n) is 2.48. The summed E-state index contributed by atoms with van der Waals surface area (Å²) in [5, 5.41) is -0.0949. The van der Waals surface area contributed by atoms with Crippen LogP contribution in [0.15, 0.2) is 0 Å². The van der Waals surface area contributed by atoms with Crippen molar-refractivity contribution in [3.05, 3.63) is 0 Å². The molecule has 0 N–H and O–H groups in total. The summed E-state index contributed by atoms with van der Waals surface area (Å²) in [6.07, 6.45) is 0.810. The molecule has 49 valence electrons. The van der Waals surface area contributed by atoms with Crippen LogP contribution in [0.4, 0.5) is 0 Å². The molecule has 1 atom stereocenters. The lowest BCUT2D eigenvalue weighted by atomic mass is 10.6. The Bertz CT molecular complexity index is 69.3. The van der Waals surface area contributed by atoms with Gasteiger partial charge in [0.2, 0.25) is 8.32 Å². The molecule has 0 heterocycles. The fourth-order valence-electron chi connectivity index (χ4n) is 0.492. The SMILES string of the molecule is CCC(Cl)[Si](C)(C)[O]. The summed E-state index contributed by atoms with van der Waals surface area (Å²) in [6.45, 7) is 5.44. The topological polar surface area (TPSA) is 19.9 Å². The van der Waals surface area contributed by atoms with E-state index in [1.165, 1.54) is 0 Å². The first-order valence-electron chi connectivity index (χ1n) is 2.83. The summed E-state index contributed by atoms with van der Waals surface area (Å²) in [5.41, 5.74) is 0. The summed E-state index contributed by atoms with van der Waals surface area (Å²) in [7, 11) is -2.25. The van der Waals surface area contributed by atoms with E-state index in [9.17, 15) is 4.80 Å². The molecule has 3 heteroatoms. The van der Waals surface area contributed by atoms with E-state index in [0.717, 1.165) is 6.42 Å². The van der Waals surface area contributed by atoms with Crippen LogP contribution in [-0.2, 0) is 4.80 Å². The smallest absolute Gasteiger partial charge is 0.248 e. The lowest BCUT2D eigenvalue weighted by molar-refractivity contribution is 0.423. The van der Waals surface area contributed by atoms with Crippen LogP contribution in [0.25, 0.3) is 0 Å². The molecule has 1 nitrogen and oxygen atoms in total. The van der Waals surface area contributed by atoms with Crippen molar-refractivity contribution < 1.29 is 4.80 Å². The van der Waals surface area contributed by atoms with E-state index in [-0.39, 0.29) is 5.00 Å². The zero-order valence-electron chi connectivity index (χ0n) is 5.57. The molecular formula is C5H12ClOSi. The summed E-state index contributed by atoms with van der Waals surface area (Å²) in [5.74, 6) is 0. The minimum absolute atomic E-state index is 0.0949. The predicted molar refractivity (Wildman–Crippen MR) is 38.1 cm³/mol. The second kappa shape index (κ2) is 2.85. The Morgan fingerprint density at radius 2 is 2.00 bits per heavy atom. The van der Waals surface area contributed by atoms with E-state index in [0.29, 0.717) is 0 Å². The number of rotatable bonds is 2. The quantitative estimate of drug-likeness (QED) is 0.426. The van der Waals surface area contributed by atoms with Crippen molar-refractivity contribution in [1.29, 1.82) is 0 Å². The van der Waals surface area contributed by atoms with Gasteiger partial charge in [0, 0.05) is 0 Å². The Kier molecular flexibility index (Phi) is 3.02. The molecule has 0 aromatic carbocycles. The van der Waals surface area contributed by atoms with Crippen molar-refractivity contribution in [1.82, 2.24) is 0 Å². The fraction of sp³-hybridized carbons (Fsp3) is 1.00. The van der Waals surface area contributed by atoms with Crippen LogP contribution < -0.4 is 0 Å². The molecule has 0 bridgehead atoms. The Hall–Kier alpha value is 0.467. The minimum Gasteiger partial charge on any atom is -0.296 e. The van der Waals surface area contributed by atoms with Gasteiger partial charge in [0.15, 0.2) is 0 Å². The monoisotopic (exact) mass is 151 g/mol. The van der Waals surface area contributed by atoms with Gasteiger partial charge in [-0.2, -0.15) is 0 Å². The lowest BCUT2D eigenvalue weighted by Crippen LogP contribution is -2.35. The molecule has 8 heavy (non-hydrogen) atoms. The Balaban J connectivity index is 3.62. The molecular weight excluding hydrogens is 140 g/mol. The maximum atomic E-state index is 11.0. The van der Waals surface area contributed by atoms with Gasteiger partial charge in [0.25, 0.3) is 0 Å². The molecule has 1 radical (unpaired) electrons.